The maximum absolute atomic E-state index is 12.2. The van der Waals surface area contributed by atoms with Gasteiger partial charge in [0.2, 0.25) is 0 Å². The van der Waals surface area contributed by atoms with E-state index >= 15 is 0 Å². The van der Waals surface area contributed by atoms with E-state index in [9.17, 15) is 4.79 Å². The number of benzene rings is 1. The van der Waals surface area contributed by atoms with Crippen molar-refractivity contribution in [1.82, 2.24) is 20.5 Å². The Kier molecular flexibility index (Phi) is 3.39. The quantitative estimate of drug-likeness (QED) is 0.774. The number of amides is 1. The number of nitrogens with one attached hydrogen (secondary N) is 2. The molecular weight excluding hydrogens is 264 g/mol. The summed E-state index contributed by atoms with van der Waals surface area (Å²) >= 11 is 0. The summed E-state index contributed by atoms with van der Waals surface area (Å²) in [5, 5.41) is 10.9. The van der Waals surface area contributed by atoms with Gasteiger partial charge in [-0.2, -0.15) is 5.10 Å². The third-order valence-corrected chi connectivity index (χ3v) is 3.54. The van der Waals surface area contributed by atoms with Crippen molar-refractivity contribution in [3.8, 4) is 0 Å². The van der Waals surface area contributed by atoms with Gasteiger partial charge in [-0.3, -0.25) is 9.89 Å². The highest BCUT2D eigenvalue weighted by molar-refractivity contribution is 5.94. The number of hydrogen-bond donors (Lipinski definition) is 2. The van der Waals surface area contributed by atoms with Gasteiger partial charge in [0.25, 0.3) is 5.91 Å². The van der Waals surface area contributed by atoms with Gasteiger partial charge < -0.3 is 5.32 Å². The Hall–Kier alpha value is -2.69. The SMILES string of the molecule is Cc1n[nH]c(C)c1CNC(=O)c1ccc2ccccc2n1. The number of aromatic amines is 1. The predicted molar refractivity (Wildman–Crippen MR) is 81.0 cm³/mol. The zero-order valence-electron chi connectivity index (χ0n) is 12.0. The highest BCUT2D eigenvalue weighted by Gasteiger charge is 2.11. The van der Waals surface area contributed by atoms with E-state index < -0.39 is 0 Å². The Morgan fingerprint density at radius 3 is 2.76 bits per heavy atom. The lowest BCUT2D eigenvalue weighted by molar-refractivity contribution is 0.0946. The van der Waals surface area contributed by atoms with E-state index in [0.29, 0.717) is 12.2 Å². The zero-order chi connectivity index (χ0) is 14.8. The van der Waals surface area contributed by atoms with Crippen LogP contribution in [0.2, 0.25) is 0 Å². The number of carbonyl (C=O) groups excluding carboxylic acids is 1. The normalized spacial score (nSPS) is 10.8. The van der Waals surface area contributed by atoms with Crippen LogP contribution in [-0.2, 0) is 6.54 Å². The molecule has 5 nitrogen and oxygen atoms in total. The van der Waals surface area contributed by atoms with Crippen LogP contribution in [-0.4, -0.2) is 21.1 Å². The molecule has 0 aliphatic rings. The van der Waals surface area contributed by atoms with Crippen molar-refractivity contribution in [3.63, 3.8) is 0 Å². The molecule has 0 spiro atoms. The fraction of sp³-hybridized carbons (Fsp3) is 0.188. The van der Waals surface area contributed by atoms with Crippen LogP contribution in [0.4, 0.5) is 0 Å². The van der Waals surface area contributed by atoms with E-state index in [4.69, 9.17) is 0 Å². The second kappa shape index (κ2) is 5.36. The molecule has 0 radical (unpaired) electrons. The first-order chi connectivity index (χ1) is 10.1. The largest absolute Gasteiger partial charge is 0.346 e. The van der Waals surface area contributed by atoms with E-state index in [1.54, 1.807) is 6.07 Å². The molecule has 21 heavy (non-hydrogen) atoms. The summed E-state index contributed by atoms with van der Waals surface area (Å²) in [6.45, 7) is 4.30. The molecule has 0 atom stereocenters. The minimum absolute atomic E-state index is 0.180. The first-order valence-corrected chi connectivity index (χ1v) is 6.79. The van der Waals surface area contributed by atoms with Gasteiger partial charge in [-0.1, -0.05) is 24.3 Å². The minimum atomic E-state index is -0.180. The first kappa shape index (κ1) is 13.3. The molecule has 0 fully saturated rings. The summed E-state index contributed by atoms with van der Waals surface area (Å²) in [4.78, 5) is 16.6. The van der Waals surface area contributed by atoms with Gasteiger partial charge in [0.1, 0.15) is 5.69 Å². The van der Waals surface area contributed by atoms with Gasteiger partial charge in [0.15, 0.2) is 0 Å². The summed E-state index contributed by atoms with van der Waals surface area (Å²) in [6.07, 6.45) is 0. The number of fused-ring (bicyclic) bond motifs is 1. The van der Waals surface area contributed by atoms with Crippen LogP contribution >= 0.6 is 0 Å². The molecule has 1 aromatic carbocycles. The first-order valence-electron chi connectivity index (χ1n) is 6.79. The van der Waals surface area contributed by atoms with Gasteiger partial charge in [-0.15, -0.1) is 0 Å². The van der Waals surface area contributed by atoms with E-state index in [1.165, 1.54) is 0 Å². The summed E-state index contributed by atoms with van der Waals surface area (Å²) in [6, 6.07) is 11.4. The average molecular weight is 280 g/mol. The van der Waals surface area contributed by atoms with Crippen molar-refractivity contribution in [3.05, 3.63) is 59.0 Å². The van der Waals surface area contributed by atoms with Crippen LogP contribution in [0.5, 0.6) is 0 Å². The molecule has 1 amide bonds. The van der Waals surface area contributed by atoms with Gasteiger partial charge in [-0.25, -0.2) is 4.98 Å². The van der Waals surface area contributed by atoms with Gasteiger partial charge >= 0.3 is 0 Å². The number of para-hydroxylation sites is 1. The number of nitrogens with zero attached hydrogens (tertiary/aromatic N) is 2. The topological polar surface area (TPSA) is 70.7 Å². The fourth-order valence-electron chi connectivity index (χ4n) is 2.29. The van der Waals surface area contributed by atoms with Crippen LogP contribution in [0, 0.1) is 13.8 Å². The lowest BCUT2D eigenvalue weighted by Gasteiger charge is -2.06. The third kappa shape index (κ3) is 2.63. The molecular formula is C16H16N4O. The number of hydrogen-bond acceptors (Lipinski definition) is 3. The molecule has 2 aromatic heterocycles. The Labute approximate surface area is 122 Å². The van der Waals surface area contributed by atoms with Crippen LogP contribution in [0.25, 0.3) is 10.9 Å². The summed E-state index contributed by atoms with van der Waals surface area (Å²) < 4.78 is 0. The molecule has 3 aromatic rings. The number of H-pyrrole nitrogens is 1. The minimum Gasteiger partial charge on any atom is -0.346 e. The van der Waals surface area contributed by atoms with E-state index in [0.717, 1.165) is 27.9 Å². The third-order valence-electron chi connectivity index (χ3n) is 3.54. The molecule has 106 valence electrons. The van der Waals surface area contributed by atoms with Crippen LogP contribution in [0.1, 0.15) is 27.4 Å². The summed E-state index contributed by atoms with van der Waals surface area (Å²) in [5.74, 6) is -0.180. The van der Waals surface area contributed by atoms with E-state index in [-0.39, 0.29) is 5.91 Å². The number of rotatable bonds is 3. The Morgan fingerprint density at radius 2 is 2.00 bits per heavy atom. The van der Waals surface area contributed by atoms with Crippen LogP contribution in [0.3, 0.4) is 0 Å². The van der Waals surface area contributed by atoms with Crippen molar-refractivity contribution in [2.45, 2.75) is 20.4 Å². The lowest BCUT2D eigenvalue weighted by atomic mass is 10.2. The molecule has 2 N–H and O–H groups in total. The molecule has 0 saturated heterocycles. The van der Waals surface area contributed by atoms with Gasteiger partial charge in [0.05, 0.1) is 11.2 Å². The van der Waals surface area contributed by atoms with Crippen LogP contribution in [0.15, 0.2) is 36.4 Å². The Bertz CT molecular complexity index is 787. The van der Waals surface area contributed by atoms with Gasteiger partial charge in [-0.05, 0) is 26.0 Å². The van der Waals surface area contributed by atoms with Gasteiger partial charge in [0, 0.05) is 23.2 Å². The van der Waals surface area contributed by atoms with Crippen molar-refractivity contribution < 1.29 is 4.79 Å². The van der Waals surface area contributed by atoms with E-state index in [1.807, 2.05) is 44.2 Å². The monoisotopic (exact) mass is 280 g/mol. The number of aromatic nitrogens is 3. The summed E-state index contributed by atoms with van der Waals surface area (Å²) in [5.41, 5.74) is 4.14. The highest BCUT2D eigenvalue weighted by Crippen LogP contribution is 2.12. The predicted octanol–water partition coefficient (Wildman–Crippen LogP) is 2.50. The smallest absolute Gasteiger partial charge is 0.270 e. The molecule has 2 heterocycles. The molecule has 0 unspecified atom stereocenters. The second-order valence-corrected chi connectivity index (χ2v) is 4.98. The van der Waals surface area contributed by atoms with Crippen molar-refractivity contribution in [2.75, 3.05) is 0 Å². The number of carbonyl (C=O) groups is 1. The Balaban J connectivity index is 1.78. The fourth-order valence-corrected chi connectivity index (χ4v) is 2.29. The van der Waals surface area contributed by atoms with E-state index in [2.05, 4.69) is 20.5 Å². The van der Waals surface area contributed by atoms with Crippen molar-refractivity contribution >= 4 is 16.8 Å². The lowest BCUT2D eigenvalue weighted by Crippen LogP contribution is -2.24. The maximum Gasteiger partial charge on any atom is 0.270 e. The molecule has 3 rings (SSSR count). The molecule has 0 saturated carbocycles. The standard InChI is InChI=1S/C16H16N4O/c1-10-13(11(2)20-19-10)9-17-16(21)15-8-7-12-5-3-4-6-14(12)18-15/h3-8H,9H2,1-2H3,(H,17,21)(H,19,20). The second-order valence-electron chi connectivity index (χ2n) is 4.98. The van der Waals surface area contributed by atoms with Crippen LogP contribution < -0.4 is 5.32 Å². The zero-order valence-corrected chi connectivity index (χ0v) is 12.0. The Morgan fingerprint density at radius 1 is 1.19 bits per heavy atom. The highest BCUT2D eigenvalue weighted by atomic mass is 16.1. The number of pyridine rings is 1. The average Bonchev–Trinajstić information content (AvgIpc) is 2.83. The molecule has 0 aliphatic carbocycles. The number of aryl methyl sites for hydroxylation is 2. The molecule has 0 aliphatic heterocycles. The molecule has 5 heteroatoms. The van der Waals surface area contributed by atoms with Crippen molar-refractivity contribution in [2.24, 2.45) is 0 Å². The maximum atomic E-state index is 12.2. The molecule has 0 bridgehead atoms. The summed E-state index contributed by atoms with van der Waals surface area (Å²) in [7, 11) is 0. The van der Waals surface area contributed by atoms with Crippen molar-refractivity contribution in [1.29, 1.82) is 0 Å².